The van der Waals surface area contributed by atoms with Gasteiger partial charge < -0.3 is 16.1 Å². The second-order valence-electron chi connectivity index (χ2n) is 5.54. The Hall–Kier alpha value is -1.56. The summed E-state index contributed by atoms with van der Waals surface area (Å²) in [5.41, 5.74) is 8.07. The van der Waals surface area contributed by atoms with Crippen molar-refractivity contribution in [3.8, 4) is 0 Å². The maximum absolute atomic E-state index is 4.43. The van der Waals surface area contributed by atoms with E-state index in [0.29, 0.717) is 0 Å². The summed E-state index contributed by atoms with van der Waals surface area (Å²) in [4.78, 5) is 15.0. The van der Waals surface area contributed by atoms with Gasteiger partial charge in [-0.1, -0.05) is 20.8 Å². The number of rotatable bonds is 0. The van der Waals surface area contributed by atoms with Gasteiger partial charge in [0.1, 0.15) is 5.82 Å². The average molecular weight is 431 g/mol. The van der Waals surface area contributed by atoms with E-state index in [1.54, 1.807) is 11.3 Å². The molecule has 1 aromatic carbocycles. The fourth-order valence-corrected chi connectivity index (χ4v) is 3.16. The summed E-state index contributed by atoms with van der Waals surface area (Å²) in [6.07, 6.45) is 0. The molecule has 0 unspecified atom stereocenters. The van der Waals surface area contributed by atoms with E-state index in [1.807, 2.05) is 19.2 Å². The molecule has 0 aliphatic rings. The van der Waals surface area contributed by atoms with Crippen molar-refractivity contribution in [1.82, 2.24) is 26.1 Å². The van der Waals surface area contributed by atoms with Crippen molar-refractivity contribution in [1.29, 1.82) is 0 Å². The van der Waals surface area contributed by atoms with E-state index in [9.17, 15) is 0 Å². The first-order valence-electron chi connectivity index (χ1n) is 7.19. The maximum atomic E-state index is 4.43. The monoisotopic (exact) mass is 431 g/mol. The maximum Gasteiger partial charge on any atom is 0.104 e. The smallest absolute Gasteiger partial charge is 0.104 e. The van der Waals surface area contributed by atoms with Gasteiger partial charge in [0.15, 0.2) is 0 Å². The summed E-state index contributed by atoms with van der Waals surface area (Å²) in [5.74, 6) is 1.95. The number of nitrogens with zero attached hydrogens (tertiary/aromatic N) is 2. The van der Waals surface area contributed by atoms with Gasteiger partial charge in [-0.05, 0) is 24.9 Å². The van der Waals surface area contributed by atoms with E-state index in [-0.39, 0.29) is 25.6 Å². The van der Waals surface area contributed by atoms with Gasteiger partial charge in [-0.15, -0.1) is 16.9 Å². The van der Waals surface area contributed by atoms with Crippen LogP contribution in [0.15, 0.2) is 10.8 Å². The molecule has 131 valence electrons. The van der Waals surface area contributed by atoms with Crippen molar-refractivity contribution in [2.24, 2.45) is 0 Å². The number of benzene rings is 1. The van der Waals surface area contributed by atoms with Crippen molar-refractivity contribution < 1.29 is 19.5 Å². The summed E-state index contributed by atoms with van der Waals surface area (Å²) < 4.78 is 0. The van der Waals surface area contributed by atoms with Crippen molar-refractivity contribution in [3.63, 3.8) is 0 Å². The number of aryl methyl sites for hydroxylation is 4. The van der Waals surface area contributed by atoms with Crippen LogP contribution in [0.5, 0.6) is 0 Å². The zero-order valence-electron chi connectivity index (χ0n) is 14.5. The summed E-state index contributed by atoms with van der Waals surface area (Å²) in [5, 5.41) is 4.11. The zero-order chi connectivity index (χ0) is 15.9. The Morgan fingerprint density at radius 1 is 0.917 bits per heavy atom. The molecular weight excluding hydrogens is 409 g/mol. The molecule has 1 radical (unpaired) electrons. The third-order valence-corrected chi connectivity index (χ3v) is 4.59. The summed E-state index contributed by atoms with van der Waals surface area (Å²) in [6, 6.07) is 3.30. The molecule has 5 nitrogen and oxygen atoms in total. The Morgan fingerprint density at radius 3 is 2.25 bits per heavy atom. The molecule has 4 aromatic rings. The quantitative estimate of drug-likeness (QED) is 0.279. The van der Waals surface area contributed by atoms with Gasteiger partial charge in [-0.2, -0.15) is 17.2 Å². The Balaban J connectivity index is 0.000000233. The molecule has 0 atom stereocenters. The number of fused-ring (bicyclic) bond motifs is 2. The number of imidazole rings is 2. The normalized spacial score (nSPS) is 10.0. The molecule has 3 heterocycles. The van der Waals surface area contributed by atoms with Crippen LogP contribution in [-0.2, 0) is 19.5 Å². The molecular formula is C17H22N5RhS-. The first kappa shape index (κ1) is 20.5. The third kappa shape index (κ3) is 3.91. The number of thiophene rings is 1. The van der Waals surface area contributed by atoms with Crippen LogP contribution in [0.1, 0.15) is 28.3 Å². The van der Waals surface area contributed by atoms with Gasteiger partial charge in [0.25, 0.3) is 0 Å². The first-order chi connectivity index (χ1) is 10.5. The number of H-pyrrole nitrogens is 2. The molecule has 0 spiro atoms. The van der Waals surface area contributed by atoms with Crippen LogP contribution in [0.4, 0.5) is 0 Å². The van der Waals surface area contributed by atoms with Crippen molar-refractivity contribution >= 4 is 33.4 Å². The fraction of sp³-hybridized carbons (Fsp3) is 0.294. The molecule has 0 amide bonds. The minimum atomic E-state index is 0. The third-order valence-electron chi connectivity index (χ3n) is 3.86. The molecule has 7 heteroatoms. The molecule has 0 saturated heterocycles. The molecule has 24 heavy (non-hydrogen) atoms. The number of nitrogens with one attached hydrogen (secondary N) is 2. The van der Waals surface area contributed by atoms with Crippen LogP contribution in [0.3, 0.4) is 0 Å². The standard InChI is InChI=1S/C11H13N2.C6H6N2S.H3N.Rh/c1-6-5-10-11(8(3)7(6)2)13-9(4)12-10;1-4-7-5-2-9-3-6(5)8-4;;/h1-4H3,(H,12,13);2-3H,1H3,(H,7,8);1H3;/q-1;;;. The van der Waals surface area contributed by atoms with E-state index >= 15 is 0 Å². The Morgan fingerprint density at radius 2 is 1.58 bits per heavy atom. The van der Waals surface area contributed by atoms with Crippen molar-refractivity contribution in [3.05, 3.63) is 45.2 Å². The zero-order valence-corrected chi connectivity index (χ0v) is 17.0. The van der Waals surface area contributed by atoms with Gasteiger partial charge in [0.05, 0.1) is 16.9 Å². The first-order valence-corrected chi connectivity index (χ1v) is 8.14. The summed E-state index contributed by atoms with van der Waals surface area (Å²) in [7, 11) is 0. The van der Waals surface area contributed by atoms with Crippen LogP contribution in [0, 0.1) is 40.7 Å². The second kappa shape index (κ2) is 8.01. The molecule has 3 aromatic heterocycles. The van der Waals surface area contributed by atoms with Crippen molar-refractivity contribution in [2.45, 2.75) is 34.6 Å². The Bertz CT molecular complexity index is 922. The van der Waals surface area contributed by atoms with Gasteiger partial charge >= 0.3 is 0 Å². The topological polar surface area (TPSA) is 92.4 Å². The number of aromatic amines is 2. The summed E-state index contributed by atoms with van der Waals surface area (Å²) in [6.45, 7) is 10.2. The van der Waals surface area contributed by atoms with Crippen LogP contribution in [0.25, 0.3) is 22.1 Å². The summed E-state index contributed by atoms with van der Waals surface area (Å²) >= 11 is 1.67. The largest absolute Gasteiger partial charge is 0.366 e. The molecule has 5 N–H and O–H groups in total. The molecule has 0 saturated carbocycles. The van der Waals surface area contributed by atoms with E-state index in [1.165, 1.54) is 16.7 Å². The van der Waals surface area contributed by atoms with Crippen molar-refractivity contribution in [2.75, 3.05) is 0 Å². The molecule has 4 rings (SSSR count). The Labute approximate surface area is 158 Å². The van der Waals surface area contributed by atoms with Crippen LogP contribution in [0.2, 0.25) is 0 Å². The predicted molar refractivity (Wildman–Crippen MR) is 97.6 cm³/mol. The number of hydrogen-bond donors (Lipinski definition) is 3. The minimum Gasteiger partial charge on any atom is -0.366 e. The fourth-order valence-electron chi connectivity index (χ4n) is 2.47. The molecule has 0 aliphatic heterocycles. The van der Waals surface area contributed by atoms with E-state index < -0.39 is 0 Å². The SMILES string of the molecule is Cc1nc2c(C)c(C)c(C)[c-]c2[nH]1.Cc1nc2cscc2[nH]1.N.[Rh]. The number of aromatic nitrogens is 4. The van der Waals surface area contributed by atoms with Gasteiger partial charge in [-0.3, -0.25) is 4.98 Å². The van der Waals surface area contributed by atoms with Crippen LogP contribution >= 0.6 is 11.3 Å². The van der Waals surface area contributed by atoms with Gasteiger partial charge in [0, 0.05) is 30.2 Å². The second-order valence-corrected chi connectivity index (χ2v) is 6.28. The van der Waals surface area contributed by atoms with E-state index in [2.05, 4.69) is 52.2 Å². The Kier molecular flexibility index (Phi) is 6.84. The van der Waals surface area contributed by atoms with E-state index in [0.717, 1.165) is 33.7 Å². The van der Waals surface area contributed by atoms with E-state index in [4.69, 9.17) is 0 Å². The predicted octanol–water partition coefficient (Wildman–Crippen LogP) is 4.69. The number of hydrogen-bond acceptors (Lipinski definition) is 4. The van der Waals surface area contributed by atoms with Gasteiger partial charge in [-0.25, -0.2) is 4.98 Å². The minimum absolute atomic E-state index is 0. The molecule has 0 fully saturated rings. The molecule has 0 aliphatic carbocycles. The average Bonchev–Trinajstić information content (AvgIpc) is 3.11. The molecule has 0 bridgehead atoms. The van der Waals surface area contributed by atoms with Crippen LogP contribution < -0.4 is 6.15 Å². The van der Waals surface area contributed by atoms with Crippen LogP contribution in [-0.4, -0.2) is 19.9 Å². The van der Waals surface area contributed by atoms with Gasteiger partial charge in [0.2, 0.25) is 0 Å².